The van der Waals surface area contributed by atoms with Gasteiger partial charge in [0.2, 0.25) is 5.91 Å². The van der Waals surface area contributed by atoms with E-state index in [0.29, 0.717) is 18.8 Å². The van der Waals surface area contributed by atoms with Gasteiger partial charge in [-0.25, -0.2) is 0 Å². The van der Waals surface area contributed by atoms with E-state index < -0.39 is 0 Å². The van der Waals surface area contributed by atoms with Crippen LogP contribution in [0.5, 0.6) is 0 Å². The lowest BCUT2D eigenvalue weighted by molar-refractivity contribution is -0.138. The van der Waals surface area contributed by atoms with Gasteiger partial charge in [-0.05, 0) is 25.5 Å². The van der Waals surface area contributed by atoms with Crippen LogP contribution in [-0.2, 0) is 4.79 Å². The number of likely N-dealkylation sites (tertiary alicyclic amines) is 1. The maximum absolute atomic E-state index is 11.7. The standard InChI is InChI=1S/C13H17NO2S/c1-9-3-4-10(2)12(5-9)17-8-13(16)14-6-11(15)7-14/h3-5,11,15H,6-8H2,1-2H3. The molecule has 0 aliphatic carbocycles. The monoisotopic (exact) mass is 251 g/mol. The molecule has 1 aromatic carbocycles. The molecule has 3 nitrogen and oxygen atoms in total. The third-order valence-corrected chi connectivity index (χ3v) is 4.05. The number of amides is 1. The van der Waals surface area contributed by atoms with Crippen molar-refractivity contribution in [3.63, 3.8) is 0 Å². The molecule has 1 N–H and O–H groups in total. The zero-order valence-electron chi connectivity index (χ0n) is 10.1. The highest BCUT2D eigenvalue weighted by molar-refractivity contribution is 8.00. The van der Waals surface area contributed by atoms with Gasteiger partial charge in [0, 0.05) is 18.0 Å². The van der Waals surface area contributed by atoms with Crippen LogP contribution in [0.2, 0.25) is 0 Å². The second kappa shape index (κ2) is 5.10. The van der Waals surface area contributed by atoms with Gasteiger partial charge in [0.05, 0.1) is 11.9 Å². The average molecular weight is 251 g/mol. The number of rotatable bonds is 3. The SMILES string of the molecule is Cc1ccc(C)c(SCC(=O)N2CC(O)C2)c1. The molecular formula is C13H17NO2S. The molecule has 0 atom stereocenters. The van der Waals surface area contributed by atoms with Crippen LogP contribution in [-0.4, -0.2) is 40.9 Å². The van der Waals surface area contributed by atoms with Crippen molar-refractivity contribution in [1.82, 2.24) is 4.90 Å². The second-order valence-corrected chi connectivity index (χ2v) is 5.53. The van der Waals surface area contributed by atoms with Crippen molar-refractivity contribution in [2.45, 2.75) is 24.8 Å². The van der Waals surface area contributed by atoms with Gasteiger partial charge in [-0.15, -0.1) is 11.8 Å². The summed E-state index contributed by atoms with van der Waals surface area (Å²) in [4.78, 5) is 14.6. The predicted octanol–water partition coefficient (Wildman–Crippen LogP) is 1.60. The normalized spacial score (nSPS) is 15.8. The van der Waals surface area contributed by atoms with Crippen molar-refractivity contribution >= 4 is 17.7 Å². The Hall–Kier alpha value is -1.00. The Balaban J connectivity index is 1.89. The first-order valence-electron chi connectivity index (χ1n) is 5.72. The molecule has 0 radical (unpaired) electrons. The third kappa shape index (κ3) is 3.01. The minimum absolute atomic E-state index is 0.112. The van der Waals surface area contributed by atoms with Gasteiger partial charge in [0.1, 0.15) is 0 Å². The van der Waals surface area contributed by atoms with E-state index in [0.717, 1.165) is 0 Å². The Kier molecular flexibility index (Phi) is 3.74. The number of nitrogens with zero attached hydrogens (tertiary/aromatic N) is 1. The van der Waals surface area contributed by atoms with E-state index in [9.17, 15) is 4.79 Å². The number of β-amino-alcohol motifs (C(OH)–C–C–N with tert-alkyl or cyclic N) is 1. The second-order valence-electron chi connectivity index (χ2n) is 4.51. The van der Waals surface area contributed by atoms with Crippen LogP contribution in [0.3, 0.4) is 0 Å². The number of carbonyl (C=O) groups is 1. The molecule has 0 bridgehead atoms. The summed E-state index contributed by atoms with van der Waals surface area (Å²) in [6.07, 6.45) is -0.315. The smallest absolute Gasteiger partial charge is 0.233 e. The lowest BCUT2D eigenvalue weighted by atomic mass is 10.2. The lowest BCUT2D eigenvalue weighted by Gasteiger charge is -2.35. The van der Waals surface area contributed by atoms with Crippen LogP contribution in [0.4, 0.5) is 0 Å². The van der Waals surface area contributed by atoms with Crippen molar-refractivity contribution in [1.29, 1.82) is 0 Å². The Morgan fingerprint density at radius 2 is 2.18 bits per heavy atom. The zero-order valence-corrected chi connectivity index (χ0v) is 11.0. The maximum Gasteiger partial charge on any atom is 0.233 e. The Morgan fingerprint density at radius 3 is 2.82 bits per heavy atom. The Bertz CT molecular complexity index is 427. The minimum atomic E-state index is -0.315. The fourth-order valence-corrected chi connectivity index (χ4v) is 2.78. The average Bonchev–Trinajstić information content (AvgIpc) is 2.26. The molecule has 0 saturated carbocycles. The molecule has 17 heavy (non-hydrogen) atoms. The molecule has 1 amide bonds. The molecule has 1 aromatic rings. The molecule has 2 rings (SSSR count). The van der Waals surface area contributed by atoms with E-state index >= 15 is 0 Å². The summed E-state index contributed by atoms with van der Waals surface area (Å²) in [6, 6.07) is 6.26. The number of carbonyl (C=O) groups excluding carboxylic acids is 1. The van der Waals surface area contributed by atoms with Crippen molar-refractivity contribution < 1.29 is 9.90 Å². The molecule has 0 unspecified atom stereocenters. The minimum Gasteiger partial charge on any atom is -0.389 e. The predicted molar refractivity (Wildman–Crippen MR) is 69.2 cm³/mol. The highest BCUT2D eigenvalue weighted by Crippen LogP contribution is 2.24. The van der Waals surface area contributed by atoms with Crippen LogP contribution in [0.15, 0.2) is 23.1 Å². The number of aryl methyl sites for hydroxylation is 2. The fraction of sp³-hybridized carbons (Fsp3) is 0.462. The molecule has 0 aromatic heterocycles. The van der Waals surface area contributed by atoms with Crippen LogP contribution in [0.1, 0.15) is 11.1 Å². The van der Waals surface area contributed by atoms with Crippen molar-refractivity contribution in [2.75, 3.05) is 18.8 Å². The van der Waals surface area contributed by atoms with Gasteiger partial charge < -0.3 is 10.0 Å². The van der Waals surface area contributed by atoms with Crippen molar-refractivity contribution in [3.05, 3.63) is 29.3 Å². The van der Waals surface area contributed by atoms with Crippen molar-refractivity contribution in [3.8, 4) is 0 Å². The van der Waals surface area contributed by atoms with Gasteiger partial charge in [0.15, 0.2) is 0 Å². The summed E-state index contributed by atoms with van der Waals surface area (Å²) in [7, 11) is 0. The summed E-state index contributed by atoms with van der Waals surface area (Å²) < 4.78 is 0. The van der Waals surface area contributed by atoms with E-state index in [1.54, 1.807) is 16.7 Å². The van der Waals surface area contributed by atoms with Crippen LogP contribution in [0.25, 0.3) is 0 Å². The maximum atomic E-state index is 11.7. The first kappa shape index (κ1) is 12.5. The summed E-state index contributed by atoms with van der Waals surface area (Å²) >= 11 is 1.58. The van der Waals surface area contributed by atoms with Gasteiger partial charge in [0.25, 0.3) is 0 Å². The highest BCUT2D eigenvalue weighted by atomic mass is 32.2. The molecular weight excluding hydrogens is 234 g/mol. The quantitative estimate of drug-likeness (QED) is 0.830. The molecule has 92 valence electrons. The summed E-state index contributed by atoms with van der Waals surface area (Å²) in [5.41, 5.74) is 2.42. The van der Waals surface area contributed by atoms with Gasteiger partial charge in [-0.1, -0.05) is 17.7 Å². The first-order chi connectivity index (χ1) is 8.06. The Morgan fingerprint density at radius 1 is 1.47 bits per heavy atom. The largest absolute Gasteiger partial charge is 0.389 e. The summed E-state index contributed by atoms with van der Waals surface area (Å²) in [5, 5.41) is 9.13. The third-order valence-electron chi connectivity index (χ3n) is 2.91. The van der Waals surface area contributed by atoms with E-state index in [2.05, 4.69) is 32.0 Å². The topological polar surface area (TPSA) is 40.5 Å². The fourth-order valence-electron chi connectivity index (χ4n) is 1.75. The summed E-state index contributed by atoms with van der Waals surface area (Å²) in [6.45, 7) is 5.09. The number of benzene rings is 1. The molecule has 1 fully saturated rings. The molecule has 1 aliphatic heterocycles. The van der Waals surface area contributed by atoms with Crippen LogP contribution < -0.4 is 0 Å². The number of hydrogen-bond donors (Lipinski definition) is 1. The zero-order chi connectivity index (χ0) is 12.4. The molecule has 0 spiro atoms. The van der Waals surface area contributed by atoms with Crippen molar-refractivity contribution in [2.24, 2.45) is 0 Å². The van der Waals surface area contributed by atoms with E-state index in [-0.39, 0.29) is 12.0 Å². The van der Waals surface area contributed by atoms with E-state index in [1.165, 1.54) is 16.0 Å². The van der Waals surface area contributed by atoms with Crippen LogP contribution >= 0.6 is 11.8 Å². The van der Waals surface area contributed by atoms with Gasteiger partial charge in [-0.2, -0.15) is 0 Å². The summed E-state index contributed by atoms with van der Waals surface area (Å²) in [5.74, 6) is 0.568. The van der Waals surface area contributed by atoms with E-state index in [4.69, 9.17) is 5.11 Å². The lowest BCUT2D eigenvalue weighted by Crippen LogP contribution is -2.54. The molecule has 1 heterocycles. The highest BCUT2D eigenvalue weighted by Gasteiger charge is 2.28. The van der Waals surface area contributed by atoms with E-state index in [1.807, 2.05) is 0 Å². The number of aliphatic hydroxyl groups excluding tert-OH is 1. The first-order valence-corrected chi connectivity index (χ1v) is 6.70. The molecule has 4 heteroatoms. The van der Waals surface area contributed by atoms with Crippen LogP contribution in [0, 0.1) is 13.8 Å². The van der Waals surface area contributed by atoms with Gasteiger partial charge in [-0.3, -0.25) is 4.79 Å². The number of hydrogen-bond acceptors (Lipinski definition) is 3. The number of thioether (sulfide) groups is 1. The van der Waals surface area contributed by atoms with Gasteiger partial charge >= 0.3 is 0 Å². The molecule has 1 aliphatic rings. The number of aliphatic hydroxyl groups is 1. The molecule has 1 saturated heterocycles. The Labute approximate surface area is 106 Å².